The number of hydrogen-bond donors (Lipinski definition) is 1. The summed E-state index contributed by atoms with van der Waals surface area (Å²) in [5.74, 6) is -0.673. The monoisotopic (exact) mass is 327 g/mol. The Morgan fingerprint density at radius 1 is 1.29 bits per heavy atom. The van der Waals surface area contributed by atoms with Gasteiger partial charge in [-0.3, -0.25) is 9.10 Å². The van der Waals surface area contributed by atoms with Gasteiger partial charge in [-0.25, -0.2) is 8.42 Å². The van der Waals surface area contributed by atoms with E-state index in [2.05, 4.69) is 0 Å². The molecule has 0 aliphatic carbocycles. The molecule has 6 nitrogen and oxygen atoms in total. The van der Waals surface area contributed by atoms with Crippen LogP contribution in [0.5, 0.6) is 5.75 Å². The largest absolute Gasteiger partial charge is 0.497 e. The molecular weight excluding hydrogens is 314 g/mol. The number of methoxy groups -OCH3 is 1. The molecule has 8 heteroatoms. The molecule has 0 saturated heterocycles. The van der Waals surface area contributed by atoms with Gasteiger partial charge in [-0.15, -0.1) is 11.3 Å². The quantitative estimate of drug-likeness (QED) is 0.877. The third-order valence-electron chi connectivity index (χ3n) is 2.68. The van der Waals surface area contributed by atoms with E-state index in [4.69, 9.17) is 9.84 Å². The summed E-state index contributed by atoms with van der Waals surface area (Å²) in [4.78, 5) is 11.0. The van der Waals surface area contributed by atoms with Crippen molar-refractivity contribution in [2.45, 2.75) is 4.21 Å². The van der Waals surface area contributed by atoms with Gasteiger partial charge in [-0.1, -0.05) is 6.07 Å². The second-order valence-electron chi connectivity index (χ2n) is 4.04. The number of anilines is 1. The van der Waals surface area contributed by atoms with Crippen LogP contribution in [0.2, 0.25) is 0 Å². The van der Waals surface area contributed by atoms with Crippen molar-refractivity contribution in [1.82, 2.24) is 0 Å². The lowest BCUT2D eigenvalue weighted by atomic mass is 10.3. The molecule has 0 fully saturated rings. The molecule has 0 atom stereocenters. The predicted molar refractivity (Wildman–Crippen MR) is 79.5 cm³/mol. The predicted octanol–water partition coefficient (Wildman–Crippen LogP) is 2.04. The molecule has 0 aliphatic heterocycles. The van der Waals surface area contributed by atoms with Gasteiger partial charge in [0, 0.05) is 0 Å². The Bertz CT molecular complexity index is 708. The first-order chi connectivity index (χ1) is 9.95. The Kier molecular flexibility index (Phi) is 4.49. The van der Waals surface area contributed by atoms with Gasteiger partial charge < -0.3 is 9.84 Å². The molecule has 21 heavy (non-hydrogen) atoms. The Hall–Kier alpha value is -2.06. The number of hydrogen-bond acceptors (Lipinski definition) is 5. The zero-order valence-electron chi connectivity index (χ0n) is 11.1. The highest BCUT2D eigenvalue weighted by Gasteiger charge is 2.27. The first-order valence-corrected chi connectivity index (χ1v) is 8.19. The van der Waals surface area contributed by atoms with Gasteiger partial charge in [0.05, 0.1) is 12.8 Å². The van der Waals surface area contributed by atoms with E-state index in [0.717, 1.165) is 15.6 Å². The zero-order chi connectivity index (χ0) is 15.5. The Morgan fingerprint density at radius 2 is 1.95 bits per heavy atom. The summed E-state index contributed by atoms with van der Waals surface area (Å²) in [6, 6.07) is 9.21. The first-order valence-electron chi connectivity index (χ1n) is 5.87. The van der Waals surface area contributed by atoms with Crippen molar-refractivity contribution in [3.63, 3.8) is 0 Å². The van der Waals surface area contributed by atoms with E-state index < -0.39 is 22.5 Å². The third kappa shape index (κ3) is 3.34. The van der Waals surface area contributed by atoms with Crippen molar-refractivity contribution in [2.75, 3.05) is 18.0 Å². The second-order valence-corrected chi connectivity index (χ2v) is 7.07. The van der Waals surface area contributed by atoms with Crippen molar-refractivity contribution in [1.29, 1.82) is 0 Å². The first kappa shape index (κ1) is 15.3. The highest BCUT2D eigenvalue weighted by atomic mass is 32.2. The molecule has 0 amide bonds. The van der Waals surface area contributed by atoms with Crippen LogP contribution < -0.4 is 9.04 Å². The Balaban J connectivity index is 2.45. The molecule has 1 heterocycles. The van der Waals surface area contributed by atoms with E-state index in [9.17, 15) is 13.2 Å². The number of carboxylic acids is 1. The van der Waals surface area contributed by atoms with E-state index in [-0.39, 0.29) is 9.90 Å². The highest BCUT2D eigenvalue weighted by Crippen LogP contribution is 2.27. The van der Waals surface area contributed by atoms with Crippen LogP contribution in [0.4, 0.5) is 5.69 Å². The standard InChI is InChI=1S/C13H13NO5S2/c1-19-11-6-4-10(5-7-11)14(9-12(15)16)21(17,18)13-3-2-8-20-13/h2-8H,9H2,1H3,(H,15,16). The molecule has 0 saturated carbocycles. The van der Waals surface area contributed by atoms with Crippen LogP contribution in [-0.2, 0) is 14.8 Å². The smallest absolute Gasteiger partial charge is 0.324 e. The van der Waals surface area contributed by atoms with Crippen LogP contribution in [0.15, 0.2) is 46.0 Å². The van der Waals surface area contributed by atoms with Crippen LogP contribution >= 0.6 is 11.3 Å². The minimum atomic E-state index is -3.90. The van der Waals surface area contributed by atoms with Crippen molar-refractivity contribution in [2.24, 2.45) is 0 Å². The zero-order valence-corrected chi connectivity index (χ0v) is 12.7. The van der Waals surface area contributed by atoms with Crippen molar-refractivity contribution >= 4 is 33.0 Å². The molecule has 0 spiro atoms. The fourth-order valence-corrected chi connectivity index (χ4v) is 4.22. The second kappa shape index (κ2) is 6.15. The molecule has 1 aromatic carbocycles. The van der Waals surface area contributed by atoms with E-state index in [1.54, 1.807) is 23.6 Å². The SMILES string of the molecule is COc1ccc(N(CC(=O)O)S(=O)(=O)c2cccs2)cc1. The summed E-state index contributed by atoms with van der Waals surface area (Å²) in [7, 11) is -2.40. The van der Waals surface area contributed by atoms with E-state index in [1.165, 1.54) is 25.3 Å². The number of carbonyl (C=O) groups is 1. The van der Waals surface area contributed by atoms with Gasteiger partial charge in [0.25, 0.3) is 10.0 Å². The maximum Gasteiger partial charge on any atom is 0.324 e. The maximum absolute atomic E-state index is 12.5. The average Bonchev–Trinajstić information content (AvgIpc) is 2.99. The van der Waals surface area contributed by atoms with Gasteiger partial charge in [0.1, 0.15) is 16.5 Å². The van der Waals surface area contributed by atoms with E-state index in [1.807, 2.05) is 0 Å². The molecule has 0 aliphatic rings. The van der Waals surface area contributed by atoms with Crippen molar-refractivity contribution in [3.05, 3.63) is 41.8 Å². The van der Waals surface area contributed by atoms with Gasteiger partial charge >= 0.3 is 5.97 Å². The van der Waals surface area contributed by atoms with Gasteiger partial charge in [0.15, 0.2) is 0 Å². The minimum absolute atomic E-state index is 0.0968. The summed E-state index contributed by atoms with van der Waals surface area (Å²) in [5.41, 5.74) is 0.270. The fraction of sp³-hybridized carbons (Fsp3) is 0.154. The Morgan fingerprint density at radius 3 is 2.43 bits per heavy atom. The summed E-state index contributed by atoms with van der Waals surface area (Å²) >= 11 is 1.04. The summed E-state index contributed by atoms with van der Waals surface area (Å²) in [6.45, 7) is -0.646. The normalized spacial score (nSPS) is 11.1. The fourth-order valence-electron chi connectivity index (χ4n) is 1.71. The molecule has 1 N–H and O–H groups in total. The topological polar surface area (TPSA) is 83.9 Å². The van der Waals surface area contributed by atoms with Crippen molar-refractivity contribution in [3.8, 4) is 5.75 Å². The molecule has 1 aromatic heterocycles. The van der Waals surface area contributed by atoms with Gasteiger partial charge in [-0.05, 0) is 35.7 Å². The Labute approximate surface area is 126 Å². The molecule has 0 bridgehead atoms. The average molecular weight is 327 g/mol. The summed E-state index contributed by atoms with van der Waals surface area (Å²) in [6.07, 6.45) is 0. The number of aliphatic carboxylic acids is 1. The maximum atomic E-state index is 12.5. The number of rotatable bonds is 6. The van der Waals surface area contributed by atoms with E-state index >= 15 is 0 Å². The lowest BCUT2D eigenvalue weighted by Gasteiger charge is -2.22. The minimum Gasteiger partial charge on any atom is -0.497 e. The molecule has 2 aromatic rings. The molecule has 112 valence electrons. The third-order valence-corrected chi connectivity index (χ3v) is 5.83. The van der Waals surface area contributed by atoms with Crippen LogP contribution in [0.3, 0.4) is 0 Å². The van der Waals surface area contributed by atoms with Crippen molar-refractivity contribution < 1.29 is 23.1 Å². The van der Waals surface area contributed by atoms with Gasteiger partial charge in [-0.2, -0.15) is 0 Å². The number of carboxylic acid groups (broad SMARTS) is 1. The van der Waals surface area contributed by atoms with Crippen LogP contribution in [0, 0.1) is 0 Å². The van der Waals surface area contributed by atoms with E-state index in [0.29, 0.717) is 5.75 Å². The number of sulfonamides is 1. The number of benzene rings is 1. The number of thiophene rings is 1. The van der Waals surface area contributed by atoms with Gasteiger partial charge in [0.2, 0.25) is 0 Å². The molecular formula is C13H13NO5S2. The molecule has 0 radical (unpaired) electrons. The lowest BCUT2D eigenvalue weighted by Crippen LogP contribution is -2.35. The van der Waals surface area contributed by atoms with Crippen LogP contribution in [0.1, 0.15) is 0 Å². The van der Waals surface area contributed by atoms with Crippen LogP contribution in [0.25, 0.3) is 0 Å². The molecule has 0 unspecified atom stereocenters. The summed E-state index contributed by atoms with van der Waals surface area (Å²) < 4.78 is 31.0. The molecule has 2 rings (SSSR count). The van der Waals surface area contributed by atoms with Crippen LogP contribution in [-0.4, -0.2) is 33.1 Å². The highest BCUT2D eigenvalue weighted by molar-refractivity contribution is 7.94. The number of nitrogens with zero attached hydrogens (tertiary/aromatic N) is 1. The number of ether oxygens (including phenoxy) is 1. The lowest BCUT2D eigenvalue weighted by molar-refractivity contribution is -0.135. The summed E-state index contributed by atoms with van der Waals surface area (Å²) in [5, 5.41) is 10.6.